The lowest BCUT2D eigenvalue weighted by molar-refractivity contribution is -0.258. The third kappa shape index (κ3) is 5.31. The number of thiol groups is 1. The number of anilines is 1. The van der Waals surface area contributed by atoms with Crippen LogP contribution in [0.3, 0.4) is 0 Å². The van der Waals surface area contributed by atoms with E-state index >= 15 is 0 Å². The van der Waals surface area contributed by atoms with Crippen molar-refractivity contribution in [1.29, 1.82) is 0 Å². The number of sulfonamides is 1. The minimum absolute atomic E-state index is 0.152. The second kappa shape index (κ2) is 10.3. The van der Waals surface area contributed by atoms with Crippen LogP contribution >= 0.6 is 12.6 Å². The van der Waals surface area contributed by atoms with E-state index in [9.17, 15) is 26.7 Å². The number of alkyl halides is 3. The van der Waals surface area contributed by atoms with Crippen LogP contribution in [0.4, 0.5) is 18.9 Å². The van der Waals surface area contributed by atoms with Crippen LogP contribution in [0, 0.1) is 0 Å². The van der Waals surface area contributed by atoms with Crippen LogP contribution in [0.15, 0.2) is 58.3 Å². The molecular weight excluding hydrogens is 539 g/mol. The highest BCUT2D eigenvalue weighted by Gasteiger charge is 2.51. The first-order valence-electron chi connectivity index (χ1n) is 12.7. The Hall–Kier alpha value is -1.83. The number of aliphatic hydroxyl groups is 1. The van der Waals surface area contributed by atoms with E-state index in [1.807, 2.05) is 0 Å². The molecule has 7 nitrogen and oxygen atoms in total. The molecule has 0 amide bonds. The van der Waals surface area contributed by atoms with Crippen molar-refractivity contribution >= 4 is 28.3 Å². The maximum absolute atomic E-state index is 13.5. The zero-order valence-electron chi connectivity index (χ0n) is 21.0. The van der Waals surface area contributed by atoms with Gasteiger partial charge in [-0.1, -0.05) is 24.3 Å². The highest BCUT2D eigenvalue weighted by molar-refractivity contribution is 7.90. The molecule has 5 rings (SSSR count). The Bertz CT molecular complexity index is 1250. The van der Waals surface area contributed by atoms with Crippen molar-refractivity contribution in [1.82, 2.24) is 9.21 Å². The minimum Gasteiger partial charge on any atom is -0.376 e. The number of ether oxygens (including phenoxy) is 1. The van der Waals surface area contributed by atoms with E-state index in [2.05, 4.69) is 22.4 Å². The Labute approximate surface area is 226 Å². The van der Waals surface area contributed by atoms with Crippen LogP contribution in [0.1, 0.15) is 25.3 Å². The average Bonchev–Trinajstić information content (AvgIpc) is 3.21. The number of hydrogen-bond donors (Lipinski definition) is 2. The van der Waals surface area contributed by atoms with Crippen LogP contribution in [-0.4, -0.2) is 86.4 Å². The highest BCUT2D eigenvalue weighted by Crippen LogP contribution is 2.39. The summed E-state index contributed by atoms with van der Waals surface area (Å²) in [5, 5.41) is 10.1. The van der Waals surface area contributed by atoms with Crippen molar-refractivity contribution in [2.24, 2.45) is 0 Å². The zero-order chi connectivity index (χ0) is 27.3. The molecule has 2 aromatic rings. The molecule has 0 saturated carbocycles. The third-order valence-electron chi connectivity index (χ3n) is 7.83. The maximum Gasteiger partial charge on any atom is 0.421 e. The van der Waals surface area contributed by atoms with Crippen molar-refractivity contribution in [3.8, 4) is 0 Å². The Kier molecular flexibility index (Phi) is 7.51. The standard InChI is InChI=1S/C26H32F3N3O4S2/c1-25(33,26(27,28)29)18-6-8-19(9-7-18)32-13-12-31(38(34,35)24-5-3-2-4-23(24)37)15-20(32)14-30-16-21-10-11-22(17-30)36-21/h2-9,20-22,33,37H,10-17H2,1H3/t20-,21?,22?,25+/m1/s1. The van der Waals surface area contributed by atoms with Crippen molar-refractivity contribution in [3.05, 3.63) is 54.1 Å². The van der Waals surface area contributed by atoms with Gasteiger partial charge in [0.1, 0.15) is 0 Å². The predicted octanol–water partition coefficient (Wildman–Crippen LogP) is 3.49. The SMILES string of the molecule is C[C@](O)(c1ccc(N2CCN(S(=O)(=O)c3ccccc3S)C[C@H]2CN2CC3CCC(C2)O3)cc1)C(F)(F)F. The number of nitrogens with zero attached hydrogens (tertiary/aromatic N) is 3. The molecular formula is C26H32F3N3O4S2. The molecule has 0 aliphatic carbocycles. The molecule has 3 heterocycles. The molecule has 208 valence electrons. The lowest BCUT2D eigenvalue weighted by atomic mass is 9.95. The van der Waals surface area contributed by atoms with Crippen molar-refractivity contribution in [2.75, 3.05) is 44.2 Å². The quantitative estimate of drug-likeness (QED) is 0.518. The molecule has 4 atom stereocenters. The molecule has 2 bridgehead atoms. The summed E-state index contributed by atoms with van der Waals surface area (Å²) in [5.41, 5.74) is -2.54. The summed E-state index contributed by atoms with van der Waals surface area (Å²) in [7, 11) is -3.79. The molecule has 3 saturated heterocycles. The Morgan fingerprint density at radius 3 is 2.24 bits per heavy atom. The lowest BCUT2D eigenvalue weighted by Gasteiger charge is -2.45. The highest BCUT2D eigenvalue weighted by atomic mass is 32.2. The van der Waals surface area contributed by atoms with Crippen LogP contribution in [-0.2, 0) is 20.4 Å². The number of hydrogen-bond acceptors (Lipinski definition) is 7. The normalized spacial score (nSPS) is 26.9. The molecule has 3 aliphatic heterocycles. The smallest absolute Gasteiger partial charge is 0.376 e. The summed E-state index contributed by atoms with van der Waals surface area (Å²) in [6.45, 7) is 3.66. The summed E-state index contributed by atoms with van der Waals surface area (Å²) < 4.78 is 74.6. The van der Waals surface area contributed by atoms with Gasteiger partial charge in [0.25, 0.3) is 0 Å². The second-order valence-electron chi connectivity index (χ2n) is 10.5. The second-order valence-corrected chi connectivity index (χ2v) is 12.9. The first-order chi connectivity index (χ1) is 17.9. The average molecular weight is 572 g/mol. The zero-order valence-corrected chi connectivity index (χ0v) is 22.7. The molecule has 2 aromatic carbocycles. The summed E-state index contributed by atoms with van der Waals surface area (Å²) in [6, 6.07) is 12.1. The largest absolute Gasteiger partial charge is 0.421 e. The van der Waals surface area contributed by atoms with E-state index in [4.69, 9.17) is 4.74 Å². The summed E-state index contributed by atoms with van der Waals surface area (Å²) >= 11 is 4.36. The fourth-order valence-corrected chi connectivity index (χ4v) is 7.70. The van der Waals surface area contributed by atoms with Crippen LogP contribution in [0.25, 0.3) is 0 Å². The predicted molar refractivity (Wildman–Crippen MR) is 140 cm³/mol. The van der Waals surface area contributed by atoms with E-state index in [0.29, 0.717) is 23.7 Å². The first-order valence-corrected chi connectivity index (χ1v) is 14.6. The first kappa shape index (κ1) is 27.7. The van der Waals surface area contributed by atoms with E-state index in [1.165, 1.54) is 16.4 Å². The molecule has 38 heavy (non-hydrogen) atoms. The molecule has 12 heteroatoms. The number of morpholine rings is 1. The maximum atomic E-state index is 13.5. The molecule has 1 N–H and O–H groups in total. The molecule has 3 aliphatic rings. The topological polar surface area (TPSA) is 73.3 Å². The van der Waals surface area contributed by atoms with Crippen LogP contribution < -0.4 is 4.90 Å². The number of fused-ring (bicyclic) bond motifs is 2. The van der Waals surface area contributed by atoms with Gasteiger partial charge in [-0.3, -0.25) is 4.90 Å². The Balaban J connectivity index is 1.41. The number of halogens is 3. The molecule has 2 unspecified atom stereocenters. The fraction of sp³-hybridized carbons (Fsp3) is 0.538. The van der Waals surface area contributed by atoms with Gasteiger partial charge in [-0.25, -0.2) is 8.42 Å². The summed E-state index contributed by atoms with van der Waals surface area (Å²) in [4.78, 5) is 4.89. The van der Waals surface area contributed by atoms with Gasteiger partial charge in [0.15, 0.2) is 5.60 Å². The van der Waals surface area contributed by atoms with E-state index in [0.717, 1.165) is 32.9 Å². The van der Waals surface area contributed by atoms with Crippen LogP contribution in [0.2, 0.25) is 0 Å². The van der Waals surface area contributed by atoms with Gasteiger partial charge in [0, 0.05) is 49.9 Å². The summed E-state index contributed by atoms with van der Waals surface area (Å²) in [6.07, 6.45) is -2.45. The van der Waals surface area contributed by atoms with E-state index in [1.54, 1.807) is 36.4 Å². The monoisotopic (exact) mass is 571 g/mol. The Morgan fingerprint density at radius 1 is 1.00 bits per heavy atom. The molecule has 0 aromatic heterocycles. The lowest BCUT2D eigenvalue weighted by Crippen LogP contribution is -2.59. The van der Waals surface area contributed by atoms with Crippen molar-refractivity contribution in [3.63, 3.8) is 0 Å². The van der Waals surface area contributed by atoms with Crippen molar-refractivity contribution < 1.29 is 31.4 Å². The fourth-order valence-electron chi connectivity index (χ4n) is 5.64. The van der Waals surface area contributed by atoms with Gasteiger partial charge in [-0.15, -0.1) is 12.6 Å². The van der Waals surface area contributed by atoms with Gasteiger partial charge >= 0.3 is 6.18 Å². The molecule has 0 spiro atoms. The minimum atomic E-state index is -4.81. The number of benzene rings is 2. The van der Waals surface area contributed by atoms with Gasteiger partial charge in [-0.2, -0.15) is 17.5 Å². The number of rotatable bonds is 6. The van der Waals surface area contributed by atoms with Gasteiger partial charge in [-0.05, 0) is 49.6 Å². The third-order valence-corrected chi connectivity index (χ3v) is 10.3. The van der Waals surface area contributed by atoms with Gasteiger partial charge in [0.2, 0.25) is 10.0 Å². The van der Waals surface area contributed by atoms with E-state index in [-0.39, 0.29) is 41.8 Å². The summed E-state index contributed by atoms with van der Waals surface area (Å²) in [5.74, 6) is 0. The molecule has 0 radical (unpaired) electrons. The van der Waals surface area contributed by atoms with Crippen LogP contribution in [0.5, 0.6) is 0 Å². The van der Waals surface area contributed by atoms with Crippen molar-refractivity contribution in [2.45, 2.75) is 59.6 Å². The van der Waals surface area contributed by atoms with E-state index < -0.39 is 21.8 Å². The van der Waals surface area contributed by atoms with Gasteiger partial charge in [0.05, 0.1) is 23.1 Å². The number of likely N-dealkylation sites (tertiary alicyclic amines) is 1. The Morgan fingerprint density at radius 2 is 1.63 bits per heavy atom. The molecule has 3 fully saturated rings. The number of piperazine rings is 1. The van der Waals surface area contributed by atoms with Gasteiger partial charge < -0.3 is 14.7 Å².